The maximum Gasteiger partial charge on any atom is 0.243 e. The van der Waals surface area contributed by atoms with E-state index in [0.717, 1.165) is 29.5 Å². The monoisotopic (exact) mass is 431 g/mol. The first-order valence-corrected chi connectivity index (χ1v) is 11.5. The van der Waals surface area contributed by atoms with Crippen molar-refractivity contribution < 1.29 is 17.9 Å². The van der Waals surface area contributed by atoms with Gasteiger partial charge in [0.15, 0.2) is 0 Å². The number of likely N-dealkylation sites (tertiary alicyclic amines) is 1. The molecule has 1 N–H and O–H groups in total. The molecule has 30 heavy (non-hydrogen) atoms. The highest BCUT2D eigenvalue weighted by Gasteiger charge is 2.23. The van der Waals surface area contributed by atoms with Crippen LogP contribution in [0.5, 0.6) is 5.75 Å². The molecule has 0 atom stereocenters. The molecule has 0 aliphatic carbocycles. The topological polar surface area (TPSA) is 79.0 Å². The summed E-state index contributed by atoms with van der Waals surface area (Å²) < 4.78 is 31.4. The van der Waals surface area contributed by atoms with Gasteiger partial charge in [0.1, 0.15) is 5.75 Å². The average molecular weight is 432 g/mol. The number of ether oxygens (including phenoxy) is 1. The number of sulfonamides is 1. The number of nitrogens with one attached hydrogen (secondary N) is 1. The van der Waals surface area contributed by atoms with Crippen LogP contribution in [0.2, 0.25) is 0 Å². The van der Waals surface area contributed by atoms with Crippen molar-refractivity contribution in [2.24, 2.45) is 0 Å². The van der Waals surface area contributed by atoms with Crippen molar-refractivity contribution in [2.45, 2.75) is 30.8 Å². The largest absolute Gasteiger partial charge is 0.497 e. The molecule has 0 radical (unpaired) electrons. The highest BCUT2D eigenvalue weighted by atomic mass is 32.2. The lowest BCUT2D eigenvalue weighted by atomic mass is 10.1. The average Bonchev–Trinajstić information content (AvgIpc) is 3.25. The summed E-state index contributed by atoms with van der Waals surface area (Å²) in [5.74, 6) is 0.223. The Labute approximate surface area is 178 Å². The van der Waals surface area contributed by atoms with Crippen LogP contribution in [0.3, 0.4) is 0 Å². The Balaban J connectivity index is 1.53. The fourth-order valence-corrected chi connectivity index (χ4v) is 4.64. The van der Waals surface area contributed by atoms with Gasteiger partial charge in [0.2, 0.25) is 15.9 Å². The lowest BCUT2D eigenvalue weighted by Crippen LogP contribution is -2.38. The molecule has 1 aliphatic rings. The van der Waals surface area contributed by atoms with E-state index in [2.05, 4.69) is 22.3 Å². The maximum atomic E-state index is 12.7. The summed E-state index contributed by atoms with van der Waals surface area (Å²) in [6.45, 7) is 3.31. The number of likely N-dealkylation sites (N-methyl/N-ethyl adjacent to an activating group) is 1. The van der Waals surface area contributed by atoms with E-state index in [-0.39, 0.29) is 17.3 Å². The van der Waals surface area contributed by atoms with Gasteiger partial charge >= 0.3 is 0 Å². The van der Waals surface area contributed by atoms with Crippen molar-refractivity contribution >= 4 is 15.9 Å². The molecule has 1 aliphatic heterocycles. The Morgan fingerprint density at radius 2 is 1.77 bits per heavy atom. The lowest BCUT2D eigenvalue weighted by Gasteiger charge is -2.17. The van der Waals surface area contributed by atoms with E-state index in [1.54, 1.807) is 12.1 Å². The van der Waals surface area contributed by atoms with Gasteiger partial charge in [-0.05, 0) is 61.3 Å². The number of rotatable bonds is 9. The van der Waals surface area contributed by atoms with Crippen LogP contribution in [-0.2, 0) is 27.9 Å². The standard InChI is InChI=1S/C22H29N3O4S/c1-24(30(27,28)21-10-8-20(29-2)9-11-21)17-22(26)23-15-18-6-5-7-19(14-18)16-25-12-3-4-13-25/h5-11,14H,3-4,12-13,15-17H2,1-2H3,(H,23,26). The van der Waals surface area contributed by atoms with Gasteiger partial charge in [0, 0.05) is 20.1 Å². The quantitative estimate of drug-likeness (QED) is 0.659. The van der Waals surface area contributed by atoms with Crippen LogP contribution in [0.25, 0.3) is 0 Å². The molecule has 0 spiro atoms. The first-order valence-electron chi connectivity index (χ1n) is 10.1. The predicted molar refractivity (Wildman–Crippen MR) is 116 cm³/mol. The van der Waals surface area contributed by atoms with Gasteiger partial charge in [-0.1, -0.05) is 24.3 Å². The minimum Gasteiger partial charge on any atom is -0.497 e. The summed E-state index contributed by atoms with van der Waals surface area (Å²) in [4.78, 5) is 14.9. The van der Waals surface area contributed by atoms with Crippen molar-refractivity contribution in [1.29, 1.82) is 0 Å². The van der Waals surface area contributed by atoms with Crippen molar-refractivity contribution in [2.75, 3.05) is 33.8 Å². The molecule has 0 bridgehead atoms. The third kappa shape index (κ3) is 5.81. The summed E-state index contributed by atoms with van der Waals surface area (Å²) in [6, 6.07) is 14.2. The van der Waals surface area contributed by atoms with Crippen molar-refractivity contribution in [3.8, 4) is 5.75 Å². The Kier molecular flexibility index (Phi) is 7.47. The van der Waals surface area contributed by atoms with Crippen LogP contribution in [0.15, 0.2) is 53.4 Å². The zero-order chi connectivity index (χ0) is 21.6. The third-order valence-corrected chi connectivity index (χ3v) is 7.04. The second kappa shape index (κ2) is 10.1. The molecule has 162 valence electrons. The molecule has 7 nitrogen and oxygen atoms in total. The van der Waals surface area contributed by atoms with E-state index in [9.17, 15) is 13.2 Å². The molecule has 1 fully saturated rings. The van der Waals surface area contributed by atoms with Crippen molar-refractivity contribution in [3.63, 3.8) is 0 Å². The highest BCUT2D eigenvalue weighted by molar-refractivity contribution is 7.89. The normalized spacial score (nSPS) is 14.8. The Morgan fingerprint density at radius 3 is 2.43 bits per heavy atom. The molecule has 8 heteroatoms. The second-order valence-corrected chi connectivity index (χ2v) is 9.56. The zero-order valence-electron chi connectivity index (χ0n) is 17.5. The Morgan fingerprint density at radius 1 is 1.10 bits per heavy atom. The summed E-state index contributed by atoms with van der Waals surface area (Å²) in [5.41, 5.74) is 2.23. The summed E-state index contributed by atoms with van der Waals surface area (Å²) >= 11 is 0. The fourth-order valence-electron chi connectivity index (χ4n) is 3.51. The highest BCUT2D eigenvalue weighted by Crippen LogP contribution is 2.18. The summed E-state index contributed by atoms with van der Waals surface area (Å²) in [6.07, 6.45) is 2.51. The molecular weight excluding hydrogens is 402 g/mol. The van der Waals surface area contributed by atoms with Crippen LogP contribution in [0.4, 0.5) is 0 Å². The van der Waals surface area contributed by atoms with Crippen LogP contribution >= 0.6 is 0 Å². The van der Waals surface area contributed by atoms with Gasteiger partial charge in [0.25, 0.3) is 0 Å². The minimum atomic E-state index is -3.75. The number of nitrogens with zero attached hydrogens (tertiary/aromatic N) is 2. The van der Waals surface area contributed by atoms with E-state index in [4.69, 9.17) is 4.74 Å². The molecule has 3 rings (SSSR count). The molecule has 0 saturated carbocycles. The maximum absolute atomic E-state index is 12.7. The lowest BCUT2D eigenvalue weighted by molar-refractivity contribution is -0.121. The van der Waals surface area contributed by atoms with Crippen molar-refractivity contribution in [1.82, 2.24) is 14.5 Å². The smallest absolute Gasteiger partial charge is 0.243 e. The number of carbonyl (C=O) groups excluding carboxylic acids is 1. The van der Waals surface area contributed by atoms with E-state index < -0.39 is 10.0 Å². The Hall–Kier alpha value is -2.42. The van der Waals surface area contributed by atoms with Crippen LogP contribution in [-0.4, -0.2) is 57.3 Å². The van der Waals surface area contributed by atoms with Gasteiger partial charge in [-0.25, -0.2) is 8.42 Å². The predicted octanol–water partition coefficient (Wildman–Crippen LogP) is 2.23. The number of carbonyl (C=O) groups is 1. The first kappa shape index (κ1) is 22.3. The van der Waals surface area contributed by atoms with E-state index in [1.807, 2.05) is 12.1 Å². The molecule has 1 amide bonds. The number of methoxy groups -OCH3 is 1. The molecule has 0 aromatic heterocycles. The second-order valence-electron chi connectivity index (χ2n) is 7.52. The molecule has 0 unspecified atom stereocenters. The van der Waals surface area contributed by atoms with E-state index in [1.165, 1.54) is 44.7 Å². The molecule has 1 saturated heterocycles. The van der Waals surface area contributed by atoms with Crippen LogP contribution < -0.4 is 10.1 Å². The molecular formula is C22H29N3O4S. The number of hydrogen-bond donors (Lipinski definition) is 1. The summed E-state index contributed by atoms with van der Waals surface area (Å²) in [5, 5.41) is 2.81. The van der Waals surface area contributed by atoms with E-state index in [0.29, 0.717) is 12.3 Å². The number of amides is 1. The number of benzene rings is 2. The zero-order valence-corrected chi connectivity index (χ0v) is 18.3. The first-order chi connectivity index (χ1) is 14.4. The van der Waals surface area contributed by atoms with Gasteiger partial charge in [-0.3, -0.25) is 9.69 Å². The Bertz CT molecular complexity index is 955. The van der Waals surface area contributed by atoms with Gasteiger partial charge in [0.05, 0.1) is 18.6 Å². The minimum absolute atomic E-state index is 0.119. The van der Waals surface area contributed by atoms with Crippen LogP contribution in [0.1, 0.15) is 24.0 Å². The fraction of sp³-hybridized carbons (Fsp3) is 0.409. The third-order valence-electron chi connectivity index (χ3n) is 5.22. The summed E-state index contributed by atoms with van der Waals surface area (Å²) in [7, 11) is -0.836. The SMILES string of the molecule is COc1ccc(S(=O)(=O)N(C)CC(=O)NCc2cccc(CN3CCCC3)c2)cc1. The van der Waals surface area contributed by atoms with Crippen LogP contribution in [0, 0.1) is 0 Å². The number of hydrogen-bond acceptors (Lipinski definition) is 5. The van der Waals surface area contributed by atoms with E-state index >= 15 is 0 Å². The molecule has 2 aromatic carbocycles. The van der Waals surface area contributed by atoms with Gasteiger partial charge in [-0.15, -0.1) is 0 Å². The molecule has 1 heterocycles. The van der Waals surface area contributed by atoms with Gasteiger partial charge < -0.3 is 10.1 Å². The molecule has 2 aromatic rings. The van der Waals surface area contributed by atoms with Gasteiger partial charge in [-0.2, -0.15) is 4.31 Å². The van der Waals surface area contributed by atoms with Crippen molar-refractivity contribution in [3.05, 3.63) is 59.7 Å².